The SMILES string of the molecule is CCC=C(CC(C(=O)O)c1ccccc1)C(=O)OC(C)(C)C. The summed E-state index contributed by atoms with van der Waals surface area (Å²) in [6, 6.07) is 8.94. The topological polar surface area (TPSA) is 63.6 Å². The number of ether oxygens (including phenoxy) is 1. The van der Waals surface area contributed by atoms with Gasteiger partial charge in [-0.05, 0) is 39.2 Å². The van der Waals surface area contributed by atoms with Crippen molar-refractivity contribution in [3.8, 4) is 0 Å². The number of allylic oxidation sites excluding steroid dienone is 1. The fourth-order valence-corrected chi connectivity index (χ4v) is 2.09. The quantitative estimate of drug-likeness (QED) is 0.639. The molecule has 1 atom stereocenters. The van der Waals surface area contributed by atoms with Gasteiger partial charge in [0, 0.05) is 5.57 Å². The standard InChI is InChI=1S/C18H24O4/c1-5-9-14(17(21)22-18(2,3)4)12-15(16(19)20)13-10-7-6-8-11-13/h6-11,15H,5,12H2,1-4H3,(H,19,20). The Morgan fingerprint density at radius 2 is 1.82 bits per heavy atom. The molecule has 0 aromatic heterocycles. The summed E-state index contributed by atoms with van der Waals surface area (Å²) in [4.78, 5) is 23.8. The lowest BCUT2D eigenvalue weighted by Gasteiger charge is -2.22. The van der Waals surface area contributed by atoms with Gasteiger partial charge in [-0.15, -0.1) is 0 Å². The molecule has 22 heavy (non-hydrogen) atoms. The van der Waals surface area contributed by atoms with Crippen LogP contribution in [-0.4, -0.2) is 22.6 Å². The molecule has 0 saturated heterocycles. The molecular weight excluding hydrogens is 280 g/mol. The molecule has 0 aliphatic carbocycles. The monoisotopic (exact) mass is 304 g/mol. The number of carboxylic acid groups (broad SMARTS) is 1. The normalized spacial score (nSPS) is 13.5. The summed E-state index contributed by atoms with van der Waals surface area (Å²) in [5.74, 6) is -2.15. The highest BCUT2D eigenvalue weighted by atomic mass is 16.6. The Kier molecular flexibility index (Phi) is 6.35. The molecule has 0 spiro atoms. The molecule has 0 amide bonds. The Morgan fingerprint density at radius 1 is 1.23 bits per heavy atom. The fraction of sp³-hybridized carbons (Fsp3) is 0.444. The van der Waals surface area contributed by atoms with Crippen molar-refractivity contribution in [3.05, 3.63) is 47.5 Å². The first kappa shape index (κ1) is 18.0. The summed E-state index contributed by atoms with van der Waals surface area (Å²) < 4.78 is 5.37. The predicted octanol–water partition coefficient (Wildman–Crippen LogP) is 3.92. The number of carboxylic acids is 1. The van der Waals surface area contributed by atoms with Gasteiger partial charge in [0.1, 0.15) is 5.60 Å². The van der Waals surface area contributed by atoms with Gasteiger partial charge < -0.3 is 9.84 Å². The third kappa shape index (κ3) is 5.72. The molecule has 0 radical (unpaired) electrons. The van der Waals surface area contributed by atoms with Crippen molar-refractivity contribution in [2.75, 3.05) is 0 Å². The van der Waals surface area contributed by atoms with E-state index < -0.39 is 23.5 Å². The molecule has 0 aliphatic heterocycles. The highest BCUT2D eigenvalue weighted by Crippen LogP contribution is 2.26. The van der Waals surface area contributed by atoms with Crippen LogP contribution in [-0.2, 0) is 14.3 Å². The van der Waals surface area contributed by atoms with Crippen LogP contribution in [0.3, 0.4) is 0 Å². The second-order valence-electron chi connectivity index (χ2n) is 6.15. The van der Waals surface area contributed by atoms with Gasteiger partial charge in [-0.1, -0.05) is 43.3 Å². The zero-order valence-corrected chi connectivity index (χ0v) is 13.6. The Hall–Kier alpha value is -2.10. The molecule has 1 unspecified atom stereocenters. The predicted molar refractivity (Wildman–Crippen MR) is 85.7 cm³/mol. The van der Waals surface area contributed by atoms with Crippen molar-refractivity contribution in [2.24, 2.45) is 0 Å². The lowest BCUT2D eigenvalue weighted by Crippen LogP contribution is -2.26. The number of hydrogen-bond donors (Lipinski definition) is 1. The Morgan fingerprint density at radius 3 is 2.27 bits per heavy atom. The van der Waals surface area contributed by atoms with E-state index in [-0.39, 0.29) is 6.42 Å². The largest absolute Gasteiger partial charge is 0.481 e. The minimum absolute atomic E-state index is 0.127. The van der Waals surface area contributed by atoms with E-state index in [0.29, 0.717) is 17.6 Å². The molecule has 0 saturated carbocycles. The summed E-state index contributed by atoms with van der Waals surface area (Å²) in [7, 11) is 0. The summed E-state index contributed by atoms with van der Waals surface area (Å²) in [5.41, 5.74) is 0.490. The van der Waals surface area contributed by atoms with Crippen LogP contribution in [0.1, 0.15) is 52.0 Å². The highest BCUT2D eigenvalue weighted by molar-refractivity contribution is 5.90. The molecule has 1 rings (SSSR count). The zero-order chi connectivity index (χ0) is 16.8. The Labute approximate surface area is 131 Å². The van der Waals surface area contributed by atoms with Crippen LogP contribution in [0.2, 0.25) is 0 Å². The number of carbonyl (C=O) groups excluding carboxylic acids is 1. The summed E-state index contributed by atoms with van der Waals surface area (Å²) >= 11 is 0. The highest BCUT2D eigenvalue weighted by Gasteiger charge is 2.26. The van der Waals surface area contributed by atoms with Gasteiger partial charge >= 0.3 is 11.9 Å². The van der Waals surface area contributed by atoms with Crippen molar-refractivity contribution in [1.82, 2.24) is 0 Å². The van der Waals surface area contributed by atoms with E-state index in [4.69, 9.17) is 4.74 Å². The van der Waals surface area contributed by atoms with E-state index in [1.54, 1.807) is 51.1 Å². The average Bonchev–Trinajstić information content (AvgIpc) is 2.42. The number of rotatable bonds is 6. The number of esters is 1. The molecule has 0 bridgehead atoms. The molecule has 0 fully saturated rings. The minimum Gasteiger partial charge on any atom is -0.481 e. The third-order valence-electron chi connectivity index (χ3n) is 3.04. The first-order valence-corrected chi connectivity index (χ1v) is 7.44. The fourth-order valence-electron chi connectivity index (χ4n) is 2.09. The van der Waals surface area contributed by atoms with Crippen LogP contribution in [0.25, 0.3) is 0 Å². The number of carbonyl (C=O) groups is 2. The van der Waals surface area contributed by atoms with Crippen LogP contribution >= 0.6 is 0 Å². The van der Waals surface area contributed by atoms with Gasteiger partial charge in [0.25, 0.3) is 0 Å². The average molecular weight is 304 g/mol. The number of aliphatic carboxylic acids is 1. The van der Waals surface area contributed by atoms with Crippen LogP contribution in [0.15, 0.2) is 42.0 Å². The van der Waals surface area contributed by atoms with Gasteiger partial charge in [0.2, 0.25) is 0 Å². The van der Waals surface area contributed by atoms with Crippen LogP contribution in [0.5, 0.6) is 0 Å². The van der Waals surface area contributed by atoms with Crippen LogP contribution < -0.4 is 0 Å². The van der Waals surface area contributed by atoms with Crippen molar-refractivity contribution < 1.29 is 19.4 Å². The molecule has 0 aliphatic rings. The molecular formula is C18H24O4. The lowest BCUT2D eigenvalue weighted by atomic mass is 9.91. The first-order chi connectivity index (χ1) is 10.2. The third-order valence-corrected chi connectivity index (χ3v) is 3.04. The van der Waals surface area contributed by atoms with E-state index in [2.05, 4.69) is 0 Å². The van der Waals surface area contributed by atoms with Gasteiger partial charge in [-0.25, -0.2) is 4.79 Å². The minimum atomic E-state index is -0.947. The smallest absolute Gasteiger partial charge is 0.334 e. The van der Waals surface area contributed by atoms with Gasteiger partial charge in [-0.3, -0.25) is 4.79 Å². The van der Waals surface area contributed by atoms with Crippen molar-refractivity contribution in [1.29, 1.82) is 0 Å². The maximum Gasteiger partial charge on any atom is 0.334 e. The summed E-state index contributed by atoms with van der Waals surface area (Å²) in [6.07, 6.45) is 2.52. The molecule has 1 N–H and O–H groups in total. The van der Waals surface area contributed by atoms with Crippen molar-refractivity contribution in [3.63, 3.8) is 0 Å². The molecule has 0 heterocycles. The van der Waals surface area contributed by atoms with Crippen LogP contribution in [0.4, 0.5) is 0 Å². The molecule has 120 valence electrons. The number of benzene rings is 1. The van der Waals surface area contributed by atoms with Crippen molar-refractivity contribution in [2.45, 2.75) is 52.1 Å². The Balaban J connectivity index is 2.99. The lowest BCUT2D eigenvalue weighted by molar-refractivity contribution is -0.150. The van der Waals surface area contributed by atoms with Crippen molar-refractivity contribution >= 4 is 11.9 Å². The van der Waals surface area contributed by atoms with E-state index >= 15 is 0 Å². The second-order valence-corrected chi connectivity index (χ2v) is 6.15. The molecule has 1 aromatic rings. The van der Waals surface area contributed by atoms with Gasteiger partial charge in [0.05, 0.1) is 5.92 Å². The first-order valence-electron chi connectivity index (χ1n) is 7.44. The molecule has 4 heteroatoms. The zero-order valence-electron chi connectivity index (χ0n) is 13.6. The maximum atomic E-state index is 12.3. The summed E-state index contributed by atoms with van der Waals surface area (Å²) in [5, 5.41) is 9.48. The number of hydrogen-bond acceptors (Lipinski definition) is 3. The maximum absolute atomic E-state index is 12.3. The summed E-state index contributed by atoms with van der Waals surface area (Å²) in [6.45, 7) is 7.28. The second kappa shape index (κ2) is 7.78. The van der Waals surface area contributed by atoms with Gasteiger partial charge in [0.15, 0.2) is 0 Å². The van der Waals surface area contributed by atoms with E-state index in [1.807, 2.05) is 13.0 Å². The molecule has 1 aromatic carbocycles. The Bertz CT molecular complexity index is 538. The van der Waals surface area contributed by atoms with E-state index in [0.717, 1.165) is 0 Å². The van der Waals surface area contributed by atoms with Gasteiger partial charge in [-0.2, -0.15) is 0 Å². The molecule has 4 nitrogen and oxygen atoms in total. The van der Waals surface area contributed by atoms with Crippen LogP contribution in [0, 0.1) is 0 Å². The van der Waals surface area contributed by atoms with E-state index in [1.165, 1.54) is 0 Å². The van der Waals surface area contributed by atoms with E-state index in [9.17, 15) is 14.7 Å².